The number of nitrogens with two attached hydrogens (primary N) is 1. The molecule has 2 aromatic carbocycles. The van der Waals surface area contributed by atoms with Crippen molar-refractivity contribution in [2.75, 3.05) is 25.0 Å². The largest absolute Gasteiger partial charge is 0.487 e. The van der Waals surface area contributed by atoms with E-state index >= 15 is 0 Å². The predicted octanol–water partition coefficient (Wildman–Crippen LogP) is 1.62. The molecular weight excluding hydrogens is 1070 g/mol. The minimum atomic E-state index is -1.99. The molecule has 0 aromatic heterocycles. The van der Waals surface area contributed by atoms with Crippen molar-refractivity contribution in [3.05, 3.63) is 77.4 Å². The minimum Gasteiger partial charge on any atom is -0.487 e. The Labute approximate surface area is 472 Å². The van der Waals surface area contributed by atoms with Gasteiger partial charge in [-0.2, -0.15) is 0 Å². The summed E-state index contributed by atoms with van der Waals surface area (Å²) in [4.78, 5) is 89.4. The highest BCUT2D eigenvalue weighted by molar-refractivity contribution is 6.01. The first-order valence-electron chi connectivity index (χ1n) is 28.1. The number of aliphatic carboxylic acids is 1. The zero-order chi connectivity index (χ0) is 58.7. The number of nitrogens with one attached hydrogen (secondary N) is 4. The molecule has 2 saturated heterocycles. The lowest BCUT2D eigenvalue weighted by molar-refractivity contribution is -0.271. The number of benzene rings is 2. The first-order chi connectivity index (χ1) is 39.0. The van der Waals surface area contributed by atoms with E-state index in [1.165, 1.54) is 25.1 Å². The minimum absolute atomic E-state index is 0.0248. The van der Waals surface area contributed by atoms with E-state index in [2.05, 4.69) is 28.2 Å². The number of aliphatic hydroxyl groups excluding tert-OH is 5. The summed E-state index contributed by atoms with van der Waals surface area (Å²) in [5, 5.41) is 74.0. The van der Waals surface area contributed by atoms with Gasteiger partial charge in [-0.1, -0.05) is 43.7 Å². The summed E-state index contributed by atoms with van der Waals surface area (Å²) in [5.74, 6) is -3.51. The highest BCUT2D eigenvalue weighted by Gasteiger charge is 2.76. The molecule has 2 bridgehead atoms. The molecule has 0 unspecified atom stereocenters. The van der Waals surface area contributed by atoms with Gasteiger partial charge in [-0.05, 0) is 105 Å². The second-order valence-corrected chi connectivity index (χ2v) is 24.0. The number of unbranched alkanes of at least 4 members (excludes halogenated alkanes) is 1. The van der Waals surface area contributed by atoms with Crippen molar-refractivity contribution in [1.29, 1.82) is 0 Å². The fraction of sp³-hybridized carbons (Fsp3) is 0.603. The summed E-state index contributed by atoms with van der Waals surface area (Å²) >= 11 is 0. The molecule has 0 spiro atoms. The zero-order valence-corrected chi connectivity index (χ0v) is 45.9. The first kappa shape index (κ1) is 58.8. The Morgan fingerprint density at radius 2 is 1.68 bits per heavy atom. The van der Waals surface area contributed by atoms with Crippen LogP contribution in [0.3, 0.4) is 0 Å². The van der Waals surface area contributed by atoms with Crippen LogP contribution in [0.15, 0.2) is 66.3 Å². The Kier molecular flexibility index (Phi) is 16.3. The van der Waals surface area contributed by atoms with Gasteiger partial charge >= 0.3 is 12.1 Å². The lowest BCUT2D eigenvalue weighted by Gasteiger charge is -2.68. The molecule has 0 radical (unpaired) electrons. The maximum atomic E-state index is 14.0. The van der Waals surface area contributed by atoms with Gasteiger partial charge in [-0.3, -0.25) is 24.0 Å². The number of ether oxygens (including phenoxy) is 6. The van der Waals surface area contributed by atoms with Gasteiger partial charge in [0.15, 0.2) is 29.6 Å². The molecule has 4 amide bonds. The van der Waals surface area contributed by atoms with Gasteiger partial charge in [0.25, 0.3) is 0 Å². The maximum absolute atomic E-state index is 14.0. The highest BCUT2D eigenvalue weighted by Crippen LogP contribution is 2.71. The zero-order valence-electron chi connectivity index (χ0n) is 45.9. The number of carbonyl (C=O) groups excluding carboxylic acids is 6. The van der Waals surface area contributed by atoms with Gasteiger partial charge in [0, 0.05) is 61.5 Å². The van der Waals surface area contributed by atoms with E-state index in [0.717, 1.165) is 12.0 Å². The average molecular weight is 1140 g/mol. The van der Waals surface area contributed by atoms with Crippen LogP contribution in [0.4, 0.5) is 10.5 Å². The molecule has 7 aliphatic carbocycles. The van der Waals surface area contributed by atoms with Crippen LogP contribution in [0.25, 0.3) is 0 Å². The standard InChI is InChI=1S/C58H73N5O19/c1-29(65)61-37(6-4-5-18-59)49(73)60-19-16-43(69)62-38-20-30(7-14-40(38)78-52-47(72)45(70)46(71)48(80-52)50(74)75)25-77-53(76)63-56-26-57(27-56,28-56)81-34-11-8-31(9-12-34)51-79-42-22-36-35-13-10-32-21-33(66)15-17-54(32,2)44(35)39(67)23-55(36,3)58(42,82-51)41(68)24-64/h7-9,11-12,14-15,17,20-21,35-37,39,42,44-48,51-52,64,67,70-72H,4-6,10,13,16,18-19,22-28,59H2,1-3H3,(H,60,73)(H,61,65)(H,62,69)(H,63,76)(H,74,75)/t35-,36-,37-,39-,42+,44+,45-,46-,47+,48-,51+,52+,54-,55-,56?,57?,58+/m0/s1. The first-order valence-corrected chi connectivity index (χ1v) is 28.1. The van der Waals surface area contributed by atoms with Crippen LogP contribution < -0.4 is 36.5 Å². The molecule has 9 aliphatic rings. The molecule has 6 saturated carbocycles. The van der Waals surface area contributed by atoms with E-state index < -0.39 is 125 Å². The number of allylic oxidation sites excluding steroid dienone is 4. The molecule has 2 heterocycles. The summed E-state index contributed by atoms with van der Waals surface area (Å²) in [6.07, 6.45) is -2.62. The number of carboxylic acid groups (broad SMARTS) is 1. The van der Waals surface area contributed by atoms with Crippen LogP contribution in [0.2, 0.25) is 0 Å². The van der Waals surface area contributed by atoms with Gasteiger partial charge in [-0.25, -0.2) is 9.59 Å². The van der Waals surface area contributed by atoms with E-state index in [1.54, 1.807) is 36.4 Å². The highest BCUT2D eigenvalue weighted by atomic mass is 16.7. The Morgan fingerprint density at radius 1 is 0.939 bits per heavy atom. The molecule has 24 heteroatoms. The number of hydrogen-bond acceptors (Lipinski definition) is 19. The SMILES string of the molecule is CC(=O)N[C@@H](CCCCN)C(=O)NCCC(=O)Nc1cc(COC(=O)NC23CC(Oc4ccc([C@@H]5O[C@@H]6C[C@H]7[C@@H]8CCC9=CC(=O)C=C[C@]9(C)[C@H]8[C@@H](O)C[C@]7(C)[C@]6(C(=O)CO)O5)cc4)(C2)C3)ccc1O[C@@H]1O[C@H](C(=O)O)[C@@H](O)[C@H](O)[C@H]1O. The van der Waals surface area contributed by atoms with Crippen molar-refractivity contribution < 1.29 is 92.6 Å². The Balaban J connectivity index is 0.735. The van der Waals surface area contributed by atoms with Gasteiger partial charge < -0.3 is 86.1 Å². The van der Waals surface area contributed by atoms with Gasteiger partial charge in [0.2, 0.25) is 24.0 Å². The second-order valence-electron chi connectivity index (χ2n) is 24.0. The van der Waals surface area contributed by atoms with Crippen LogP contribution in [0.5, 0.6) is 11.5 Å². The molecule has 24 nitrogen and oxygen atoms in total. The third-order valence-electron chi connectivity index (χ3n) is 18.7. The normalized spacial score (nSPS) is 36.7. The van der Waals surface area contributed by atoms with E-state index in [9.17, 15) is 64.2 Å². The predicted molar refractivity (Wildman–Crippen MR) is 285 cm³/mol. The van der Waals surface area contributed by atoms with Crippen molar-refractivity contribution in [1.82, 2.24) is 16.0 Å². The topological polar surface area (TPSA) is 370 Å². The van der Waals surface area contributed by atoms with Gasteiger partial charge in [-0.15, -0.1) is 0 Å². The van der Waals surface area contributed by atoms with Crippen molar-refractivity contribution >= 4 is 47.0 Å². The number of Topliss-reactive ketones (excluding diaryl/α,β-unsaturated/α-hetero) is 1. The number of aliphatic hydroxyl groups is 5. The summed E-state index contributed by atoms with van der Waals surface area (Å²) in [6.45, 7) is 4.57. The molecule has 82 heavy (non-hydrogen) atoms. The number of fused-ring (bicyclic) bond motifs is 7. The van der Waals surface area contributed by atoms with E-state index in [0.29, 0.717) is 74.8 Å². The van der Waals surface area contributed by atoms with Crippen molar-refractivity contribution in [3.8, 4) is 11.5 Å². The van der Waals surface area contributed by atoms with E-state index in [-0.39, 0.29) is 61.0 Å². The number of alkyl carbamates (subject to hydrolysis) is 1. The Morgan fingerprint density at radius 3 is 2.38 bits per heavy atom. The third-order valence-corrected chi connectivity index (χ3v) is 18.7. The lowest BCUT2D eigenvalue weighted by atomic mass is 9.46. The molecule has 12 N–H and O–H groups in total. The maximum Gasteiger partial charge on any atom is 0.407 e. The van der Waals surface area contributed by atoms with Crippen LogP contribution in [0, 0.1) is 28.6 Å². The number of carbonyl (C=O) groups is 7. The number of rotatable bonds is 21. The van der Waals surface area contributed by atoms with Crippen LogP contribution in [0.1, 0.15) is 109 Å². The lowest BCUT2D eigenvalue weighted by Crippen LogP contribution is -2.80. The molecule has 2 aliphatic heterocycles. The molecule has 15 atom stereocenters. The fourth-order valence-corrected chi connectivity index (χ4v) is 14.9. The van der Waals surface area contributed by atoms with Crippen molar-refractivity contribution in [2.24, 2.45) is 34.3 Å². The Bertz CT molecular complexity index is 2900. The van der Waals surface area contributed by atoms with Crippen LogP contribution in [-0.4, -0.2) is 157 Å². The van der Waals surface area contributed by atoms with Crippen LogP contribution >= 0.6 is 0 Å². The van der Waals surface area contributed by atoms with Gasteiger partial charge in [0.1, 0.15) is 54.7 Å². The molecular formula is C58H73N5O19. The number of ketones is 2. The van der Waals surface area contributed by atoms with E-state index in [4.69, 9.17) is 34.2 Å². The summed E-state index contributed by atoms with van der Waals surface area (Å²) in [7, 11) is 0. The van der Waals surface area contributed by atoms with E-state index in [1.807, 2.05) is 13.0 Å². The summed E-state index contributed by atoms with van der Waals surface area (Å²) in [5.41, 5.74) is 3.58. The average Bonchev–Trinajstić information content (AvgIpc) is 1.60. The molecule has 11 rings (SSSR count). The third kappa shape index (κ3) is 10.7. The number of anilines is 1. The number of amides is 4. The van der Waals surface area contributed by atoms with Crippen molar-refractivity contribution in [3.63, 3.8) is 0 Å². The van der Waals surface area contributed by atoms with Crippen molar-refractivity contribution in [2.45, 2.75) is 170 Å². The molecule has 8 fully saturated rings. The summed E-state index contributed by atoms with van der Waals surface area (Å²) < 4.78 is 36.5. The summed E-state index contributed by atoms with van der Waals surface area (Å²) in [6, 6.07) is 10.5. The second kappa shape index (κ2) is 22.7. The molecule has 2 aromatic rings. The monoisotopic (exact) mass is 1140 g/mol. The smallest absolute Gasteiger partial charge is 0.407 e. The van der Waals surface area contributed by atoms with Gasteiger partial charge in [0.05, 0.1) is 23.4 Å². The fourth-order valence-electron chi connectivity index (χ4n) is 14.9. The Hall–Kier alpha value is -6.35. The number of hydrogen-bond donors (Lipinski definition) is 11. The quantitative estimate of drug-likeness (QED) is 0.0791. The van der Waals surface area contributed by atoms with Crippen LogP contribution in [-0.2, 0) is 54.3 Å². The number of carboxylic acids is 1. The molecule has 444 valence electrons.